The Labute approximate surface area is 90.1 Å². The number of benzene rings is 1. The van der Waals surface area contributed by atoms with Crippen LogP contribution < -0.4 is 5.73 Å². The molecule has 0 bridgehead atoms. The summed E-state index contributed by atoms with van der Waals surface area (Å²) in [6, 6.07) is 7.07. The van der Waals surface area contributed by atoms with Gasteiger partial charge in [-0.2, -0.15) is 13.2 Å². The van der Waals surface area contributed by atoms with Gasteiger partial charge in [0.2, 0.25) is 0 Å². The van der Waals surface area contributed by atoms with Gasteiger partial charge in [0.1, 0.15) is 0 Å². The maximum Gasteiger partial charge on any atom is 0.418 e. The normalized spacial score (nSPS) is 11.7. The second kappa shape index (κ2) is 3.59. The molecule has 0 radical (unpaired) electrons. The molecule has 0 saturated carbocycles. The van der Waals surface area contributed by atoms with Crippen LogP contribution in [0.2, 0.25) is 0 Å². The van der Waals surface area contributed by atoms with E-state index in [1.165, 1.54) is 16.7 Å². The van der Waals surface area contributed by atoms with E-state index in [1.807, 2.05) is 0 Å². The van der Waals surface area contributed by atoms with Crippen LogP contribution in [0.15, 0.2) is 42.7 Å². The number of nitrogen functional groups attached to an aromatic ring is 1. The standard InChI is InChI=1S/C11H9F3N2/c12-11(13,14)9-7-8(15)3-4-10(9)16-5-1-2-6-16/h1-7H,15H2. The van der Waals surface area contributed by atoms with Gasteiger partial charge in [-0.1, -0.05) is 0 Å². The maximum absolute atomic E-state index is 12.8. The zero-order valence-electron chi connectivity index (χ0n) is 8.20. The maximum atomic E-state index is 12.8. The molecule has 0 aliphatic heterocycles. The number of rotatable bonds is 1. The molecule has 0 aliphatic rings. The Morgan fingerprint density at radius 3 is 2.25 bits per heavy atom. The number of nitrogens with zero attached hydrogens (tertiary/aromatic N) is 1. The Balaban J connectivity index is 2.62. The van der Waals surface area contributed by atoms with Crippen molar-refractivity contribution in [1.82, 2.24) is 4.57 Å². The van der Waals surface area contributed by atoms with Gasteiger partial charge in [-0.25, -0.2) is 0 Å². The number of aromatic nitrogens is 1. The summed E-state index contributed by atoms with van der Waals surface area (Å²) in [6.07, 6.45) is -1.30. The molecule has 0 spiro atoms. The van der Waals surface area contributed by atoms with Gasteiger partial charge < -0.3 is 10.3 Å². The number of nitrogens with two attached hydrogens (primary N) is 1. The fourth-order valence-corrected chi connectivity index (χ4v) is 1.50. The zero-order chi connectivity index (χ0) is 11.8. The molecule has 1 aromatic heterocycles. The van der Waals surface area contributed by atoms with Crippen LogP contribution in [0.25, 0.3) is 5.69 Å². The lowest BCUT2D eigenvalue weighted by Crippen LogP contribution is -2.10. The summed E-state index contributed by atoms with van der Waals surface area (Å²) in [4.78, 5) is 0. The van der Waals surface area contributed by atoms with Gasteiger partial charge >= 0.3 is 6.18 Å². The molecule has 0 fully saturated rings. The van der Waals surface area contributed by atoms with Crippen molar-refractivity contribution in [1.29, 1.82) is 0 Å². The third kappa shape index (κ3) is 1.88. The second-order valence-electron chi connectivity index (χ2n) is 3.36. The fourth-order valence-electron chi connectivity index (χ4n) is 1.50. The van der Waals surface area contributed by atoms with Gasteiger partial charge in [0.15, 0.2) is 0 Å². The van der Waals surface area contributed by atoms with Crippen LogP contribution in [0.5, 0.6) is 0 Å². The highest BCUT2D eigenvalue weighted by atomic mass is 19.4. The summed E-state index contributed by atoms with van der Waals surface area (Å²) < 4.78 is 39.7. The minimum absolute atomic E-state index is 0.0756. The van der Waals surface area contributed by atoms with E-state index in [9.17, 15) is 13.2 Å². The Hall–Kier alpha value is -1.91. The van der Waals surface area contributed by atoms with E-state index in [2.05, 4.69) is 0 Å². The third-order valence-electron chi connectivity index (χ3n) is 2.21. The lowest BCUT2D eigenvalue weighted by Gasteiger charge is -2.14. The van der Waals surface area contributed by atoms with Crippen molar-refractivity contribution in [2.45, 2.75) is 6.18 Å². The molecule has 2 N–H and O–H groups in total. The number of hydrogen-bond acceptors (Lipinski definition) is 1. The van der Waals surface area contributed by atoms with E-state index in [0.717, 1.165) is 6.07 Å². The molecule has 0 aliphatic carbocycles. The van der Waals surface area contributed by atoms with E-state index in [-0.39, 0.29) is 11.4 Å². The van der Waals surface area contributed by atoms with Gasteiger partial charge in [0, 0.05) is 18.1 Å². The fraction of sp³-hybridized carbons (Fsp3) is 0.0909. The monoisotopic (exact) mass is 226 g/mol. The highest BCUT2D eigenvalue weighted by molar-refractivity contribution is 5.53. The van der Waals surface area contributed by atoms with Crippen molar-refractivity contribution in [2.75, 3.05) is 5.73 Å². The predicted octanol–water partition coefficient (Wildman–Crippen LogP) is 3.08. The Morgan fingerprint density at radius 1 is 1.06 bits per heavy atom. The largest absolute Gasteiger partial charge is 0.418 e. The summed E-state index contributed by atoms with van der Waals surface area (Å²) in [5, 5.41) is 0. The molecular formula is C11H9F3N2. The van der Waals surface area contributed by atoms with Crippen LogP contribution in [0, 0.1) is 0 Å². The molecule has 2 rings (SSSR count). The highest BCUT2D eigenvalue weighted by Gasteiger charge is 2.34. The first kappa shape index (κ1) is 10.6. The molecule has 2 aromatic rings. The van der Waals surface area contributed by atoms with Gasteiger partial charge in [0.05, 0.1) is 11.3 Å². The lowest BCUT2D eigenvalue weighted by atomic mass is 10.1. The molecule has 84 valence electrons. The Bertz CT molecular complexity index is 486. The summed E-state index contributed by atoms with van der Waals surface area (Å²) in [6.45, 7) is 0. The first-order chi connectivity index (χ1) is 7.48. The van der Waals surface area contributed by atoms with Crippen LogP contribution in [0.4, 0.5) is 18.9 Å². The smallest absolute Gasteiger partial charge is 0.399 e. The molecule has 2 nitrogen and oxygen atoms in total. The van der Waals surface area contributed by atoms with Crippen molar-refractivity contribution < 1.29 is 13.2 Å². The second-order valence-corrected chi connectivity index (χ2v) is 3.36. The van der Waals surface area contributed by atoms with E-state index in [0.29, 0.717) is 0 Å². The van der Waals surface area contributed by atoms with E-state index >= 15 is 0 Å². The van der Waals surface area contributed by atoms with Crippen LogP contribution in [0.3, 0.4) is 0 Å². The molecule has 5 heteroatoms. The average molecular weight is 226 g/mol. The third-order valence-corrected chi connectivity index (χ3v) is 2.21. The van der Waals surface area contributed by atoms with Gasteiger partial charge in [-0.05, 0) is 30.3 Å². The summed E-state index contributed by atoms with van der Waals surface area (Å²) in [5.41, 5.74) is 4.81. The average Bonchev–Trinajstić information content (AvgIpc) is 2.69. The Kier molecular flexibility index (Phi) is 2.38. The van der Waals surface area contributed by atoms with E-state index in [1.54, 1.807) is 24.5 Å². The first-order valence-electron chi connectivity index (χ1n) is 4.58. The number of hydrogen-bond donors (Lipinski definition) is 1. The van der Waals surface area contributed by atoms with Gasteiger partial charge in [0.25, 0.3) is 0 Å². The summed E-state index contributed by atoms with van der Waals surface area (Å²) in [5.74, 6) is 0. The van der Waals surface area contributed by atoms with Crippen LogP contribution >= 0.6 is 0 Å². The molecule has 0 saturated heterocycles. The van der Waals surface area contributed by atoms with E-state index < -0.39 is 11.7 Å². The molecule has 1 heterocycles. The molecule has 0 unspecified atom stereocenters. The minimum Gasteiger partial charge on any atom is -0.399 e. The van der Waals surface area contributed by atoms with Crippen molar-refractivity contribution in [3.05, 3.63) is 48.3 Å². The molecule has 16 heavy (non-hydrogen) atoms. The quantitative estimate of drug-likeness (QED) is 0.744. The summed E-state index contributed by atoms with van der Waals surface area (Å²) >= 11 is 0. The lowest BCUT2D eigenvalue weighted by molar-refractivity contribution is -0.137. The Morgan fingerprint density at radius 2 is 1.69 bits per heavy atom. The topological polar surface area (TPSA) is 30.9 Å². The number of halogens is 3. The highest BCUT2D eigenvalue weighted by Crippen LogP contribution is 2.35. The van der Waals surface area contributed by atoms with Crippen LogP contribution in [0.1, 0.15) is 5.56 Å². The van der Waals surface area contributed by atoms with Crippen molar-refractivity contribution >= 4 is 5.69 Å². The van der Waals surface area contributed by atoms with Crippen molar-refractivity contribution in [3.63, 3.8) is 0 Å². The SMILES string of the molecule is Nc1ccc(-n2cccc2)c(C(F)(F)F)c1. The molecule has 0 amide bonds. The number of alkyl halides is 3. The van der Waals surface area contributed by atoms with Crippen LogP contribution in [-0.2, 0) is 6.18 Å². The number of anilines is 1. The summed E-state index contributed by atoms with van der Waals surface area (Å²) in [7, 11) is 0. The van der Waals surface area contributed by atoms with Crippen molar-refractivity contribution in [2.24, 2.45) is 0 Å². The molecule has 1 aromatic carbocycles. The predicted molar refractivity (Wildman–Crippen MR) is 55.2 cm³/mol. The van der Waals surface area contributed by atoms with E-state index in [4.69, 9.17) is 5.73 Å². The van der Waals surface area contributed by atoms with Crippen LogP contribution in [-0.4, -0.2) is 4.57 Å². The van der Waals surface area contributed by atoms with Gasteiger partial charge in [-0.3, -0.25) is 0 Å². The molecular weight excluding hydrogens is 217 g/mol. The zero-order valence-corrected chi connectivity index (χ0v) is 8.20. The van der Waals surface area contributed by atoms with Gasteiger partial charge in [-0.15, -0.1) is 0 Å². The first-order valence-corrected chi connectivity index (χ1v) is 4.58. The minimum atomic E-state index is -4.41. The van der Waals surface area contributed by atoms with Crippen molar-refractivity contribution in [3.8, 4) is 5.69 Å². The molecule has 0 atom stereocenters.